The molecule has 0 spiro atoms. The van der Waals surface area contributed by atoms with Gasteiger partial charge < -0.3 is 0 Å². The molecule has 0 fully saturated rings. The number of aromatic nitrogens is 2. The number of nitrogens with one attached hydrogen (secondary N) is 1. The lowest BCUT2D eigenvalue weighted by Crippen LogP contribution is -2.37. The molecular weight excluding hydrogens is 454 g/mol. The van der Waals surface area contributed by atoms with E-state index < -0.39 is 27.4 Å². The number of non-ortho nitro benzene ring substituents is 1. The van der Waals surface area contributed by atoms with Crippen LogP contribution in [0.2, 0.25) is 5.02 Å². The zero-order valence-electron chi connectivity index (χ0n) is 15.4. The molecule has 0 aliphatic carbocycles. The molecule has 0 unspecified atom stereocenters. The van der Waals surface area contributed by atoms with E-state index in [1.165, 1.54) is 18.2 Å². The molecule has 10 nitrogen and oxygen atoms in total. The Morgan fingerprint density at radius 3 is 2.57 bits per heavy atom. The molecule has 30 heavy (non-hydrogen) atoms. The normalized spacial score (nSPS) is 11.1. The third-order valence-corrected chi connectivity index (χ3v) is 6.06. The quantitative estimate of drug-likeness (QED) is 0.416. The molecule has 0 bridgehead atoms. The zero-order chi connectivity index (χ0) is 21.9. The van der Waals surface area contributed by atoms with Crippen molar-refractivity contribution in [1.82, 2.24) is 10.2 Å². The maximum absolute atomic E-state index is 12.4. The van der Waals surface area contributed by atoms with Crippen LogP contribution >= 0.6 is 22.9 Å². The first-order chi connectivity index (χ1) is 14.1. The van der Waals surface area contributed by atoms with E-state index in [-0.39, 0.29) is 16.5 Å². The predicted molar refractivity (Wildman–Crippen MR) is 114 cm³/mol. The van der Waals surface area contributed by atoms with Crippen molar-refractivity contribution < 1.29 is 18.1 Å². The predicted octanol–water partition coefficient (Wildman–Crippen LogP) is 3.17. The first-order valence-electron chi connectivity index (χ1n) is 8.25. The number of benzene rings is 2. The number of rotatable bonds is 7. The molecule has 0 atom stereocenters. The number of halogens is 1. The summed E-state index contributed by atoms with van der Waals surface area (Å²) < 4.78 is 25.1. The van der Waals surface area contributed by atoms with Gasteiger partial charge in [-0.15, -0.1) is 10.2 Å². The molecular formula is C17H14ClN5O5S2. The van der Waals surface area contributed by atoms with Gasteiger partial charge in [0.25, 0.3) is 5.69 Å². The van der Waals surface area contributed by atoms with Crippen LogP contribution in [0, 0.1) is 10.1 Å². The van der Waals surface area contributed by atoms with Gasteiger partial charge in [-0.2, -0.15) is 0 Å². The third kappa shape index (κ3) is 5.28. The first kappa shape index (κ1) is 21.6. The van der Waals surface area contributed by atoms with Crippen molar-refractivity contribution in [2.75, 3.05) is 22.4 Å². The monoisotopic (exact) mass is 467 g/mol. The third-order valence-electron chi connectivity index (χ3n) is 3.78. The Hall–Kier alpha value is -3.09. The maximum atomic E-state index is 12.4. The Morgan fingerprint density at radius 1 is 1.23 bits per heavy atom. The van der Waals surface area contributed by atoms with E-state index in [0.717, 1.165) is 33.5 Å². The van der Waals surface area contributed by atoms with Crippen LogP contribution in [0.1, 0.15) is 0 Å². The Bertz CT molecular complexity index is 1200. The van der Waals surface area contributed by atoms with Gasteiger partial charge in [-0.05, 0) is 18.2 Å². The Balaban J connectivity index is 1.77. The van der Waals surface area contributed by atoms with Gasteiger partial charge in [0.15, 0.2) is 0 Å². The number of nitro groups is 1. The number of amides is 1. The molecule has 1 amide bonds. The van der Waals surface area contributed by atoms with Crippen molar-refractivity contribution in [3.8, 4) is 10.6 Å². The van der Waals surface area contributed by atoms with Gasteiger partial charge in [0, 0.05) is 22.7 Å². The molecule has 1 heterocycles. The van der Waals surface area contributed by atoms with E-state index in [9.17, 15) is 23.3 Å². The second-order valence-electron chi connectivity index (χ2n) is 6.01. The SMILES string of the molecule is CS(=O)(=O)N(CC(=O)Nc1nnc(-c2ccc(Cl)cc2)s1)c1cccc([N+](=O)[O-])c1. The van der Waals surface area contributed by atoms with E-state index in [0.29, 0.717) is 10.0 Å². The van der Waals surface area contributed by atoms with E-state index in [1.54, 1.807) is 24.3 Å². The van der Waals surface area contributed by atoms with Crippen molar-refractivity contribution in [3.05, 3.63) is 63.7 Å². The van der Waals surface area contributed by atoms with Crippen molar-refractivity contribution in [2.45, 2.75) is 0 Å². The molecule has 13 heteroatoms. The standard InChI is InChI=1S/C17H14ClN5O5S2/c1-30(27,28)22(13-3-2-4-14(9-13)23(25)26)10-15(24)19-17-21-20-16(29-17)11-5-7-12(18)8-6-11/h2-9H,10H2,1H3,(H,19,21,24). The molecule has 0 radical (unpaired) electrons. The van der Waals surface area contributed by atoms with Crippen LogP contribution in [-0.4, -0.2) is 42.2 Å². The molecule has 1 N–H and O–H groups in total. The number of hydrogen-bond acceptors (Lipinski definition) is 8. The molecule has 0 aliphatic heterocycles. The number of carbonyl (C=O) groups is 1. The van der Waals surface area contributed by atoms with E-state index in [1.807, 2.05) is 0 Å². The summed E-state index contributed by atoms with van der Waals surface area (Å²) in [6.07, 6.45) is 0.905. The molecule has 3 aromatic rings. The second kappa shape index (κ2) is 8.73. The lowest BCUT2D eigenvalue weighted by atomic mass is 10.2. The number of anilines is 2. The van der Waals surface area contributed by atoms with Gasteiger partial charge in [-0.1, -0.05) is 41.1 Å². The Labute approximate surface area is 180 Å². The van der Waals surface area contributed by atoms with Gasteiger partial charge in [0.05, 0.1) is 16.9 Å². The van der Waals surface area contributed by atoms with Crippen molar-refractivity contribution >= 4 is 55.4 Å². The summed E-state index contributed by atoms with van der Waals surface area (Å²) in [6.45, 7) is -0.587. The lowest BCUT2D eigenvalue weighted by Gasteiger charge is -2.21. The smallest absolute Gasteiger partial charge is 0.271 e. The molecule has 156 valence electrons. The highest BCUT2D eigenvalue weighted by Crippen LogP contribution is 2.28. The van der Waals surface area contributed by atoms with Crippen molar-refractivity contribution in [2.24, 2.45) is 0 Å². The average Bonchev–Trinajstić information content (AvgIpc) is 3.14. The summed E-state index contributed by atoms with van der Waals surface area (Å²) in [5.41, 5.74) is 0.464. The van der Waals surface area contributed by atoms with E-state index in [4.69, 9.17) is 11.6 Å². The van der Waals surface area contributed by atoms with Gasteiger partial charge in [0.2, 0.25) is 21.1 Å². The fraction of sp³-hybridized carbons (Fsp3) is 0.118. The number of nitrogens with zero attached hydrogens (tertiary/aromatic N) is 4. The highest BCUT2D eigenvalue weighted by Gasteiger charge is 2.23. The minimum Gasteiger partial charge on any atom is -0.299 e. The van der Waals surface area contributed by atoms with Gasteiger partial charge in [0.1, 0.15) is 11.6 Å². The lowest BCUT2D eigenvalue weighted by molar-refractivity contribution is -0.384. The average molecular weight is 468 g/mol. The van der Waals surface area contributed by atoms with Crippen molar-refractivity contribution in [1.29, 1.82) is 0 Å². The summed E-state index contributed by atoms with van der Waals surface area (Å²) >= 11 is 6.96. The maximum Gasteiger partial charge on any atom is 0.271 e. The van der Waals surface area contributed by atoms with Crippen LogP contribution in [0.3, 0.4) is 0 Å². The van der Waals surface area contributed by atoms with Crippen LogP contribution in [-0.2, 0) is 14.8 Å². The molecule has 1 aromatic heterocycles. The molecule has 0 aliphatic rings. The second-order valence-corrected chi connectivity index (χ2v) is 9.33. The summed E-state index contributed by atoms with van der Waals surface area (Å²) in [4.78, 5) is 22.7. The minimum absolute atomic E-state index is 0.000895. The Kier molecular flexibility index (Phi) is 6.29. The first-order valence-corrected chi connectivity index (χ1v) is 11.3. The van der Waals surface area contributed by atoms with Crippen LogP contribution < -0.4 is 9.62 Å². The van der Waals surface area contributed by atoms with E-state index >= 15 is 0 Å². The van der Waals surface area contributed by atoms with Crippen LogP contribution in [0.4, 0.5) is 16.5 Å². The van der Waals surface area contributed by atoms with Crippen LogP contribution in [0.15, 0.2) is 48.5 Å². The summed E-state index contributed by atoms with van der Waals surface area (Å²) in [6, 6.07) is 11.9. The van der Waals surface area contributed by atoms with Crippen LogP contribution in [0.5, 0.6) is 0 Å². The van der Waals surface area contributed by atoms with Gasteiger partial charge >= 0.3 is 0 Å². The Morgan fingerprint density at radius 2 is 1.93 bits per heavy atom. The fourth-order valence-electron chi connectivity index (χ4n) is 2.43. The fourth-order valence-corrected chi connectivity index (χ4v) is 4.17. The molecule has 0 saturated carbocycles. The summed E-state index contributed by atoms with van der Waals surface area (Å²) in [5.74, 6) is -0.675. The topological polar surface area (TPSA) is 135 Å². The zero-order valence-corrected chi connectivity index (χ0v) is 17.7. The number of carbonyl (C=O) groups excluding carboxylic acids is 1. The molecule has 3 rings (SSSR count). The van der Waals surface area contributed by atoms with Crippen LogP contribution in [0.25, 0.3) is 10.6 Å². The highest BCUT2D eigenvalue weighted by molar-refractivity contribution is 7.92. The van der Waals surface area contributed by atoms with E-state index in [2.05, 4.69) is 15.5 Å². The van der Waals surface area contributed by atoms with Gasteiger partial charge in [-0.25, -0.2) is 8.42 Å². The summed E-state index contributed by atoms with van der Waals surface area (Å²) in [7, 11) is -3.88. The molecule has 2 aromatic carbocycles. The van der Waals surface area contributed by atoms with Gasteiger partial charge in [-0.3, -0.25) is 24.5 Å². The highest BCUT2D eigenvalue weighted by atomic mass is 35.5. The largest absolute Gasteiger partial charge is 0.299 e. The summed E-state index contributed by atoms with van der Waals surface area (Å²) in [5, 5.41) is 22.6. The number of sulfonamides is 1. The number of hydrogen-bond donors (Lipinski definition) is 1. The number of nitro benzene ring substituents is 1. The van der Waals surface area contributed by atoms with Crippen molar-refractivity contribution in [3.63, 3.8) is 0 Å². The molecule has 0 saturated heterocycles. The minimum atomic E-state index is -3.88.